The van der Waals surface area contributed by atoms with Crippen molar-refractivity contribution >= 4 is 9.84 Å². The minimum Gasteiger partial charge on any atom is -0.301 e. The van der Waals surface area contributed by atoms with Crippen molar-refractivity contribution in [2.75, 3.05) is 31.6 Å². The van der Waals surface area contributed by atoms with E-state index >= 15 is 0 Å². The highest BCUT2D eigenvalue weighted by Crippen LogP contribution is 2.47. The number of rotatable bonds is 3. The molecule has 158 valence electrons. The Morgan fingerprint density at radius 3 is 1.56 bits per heavy atom. The second-order valence-electron chi connectivity index (χ2n) is 5.69. The molecule has 1 spiro atoms. The van der Waals surface area contributed by atoms with Gasteiger partial charge in [-0.2, -0.15) is 0 Å². The van der Waals surface area contributed by atoms with Crippen LogP contribution >= 0.6 is 0 Å². The van der Waals surface area contributed by atoms with Crippen molar-refractivity contribution < 1.29 is 8.42 Å². The summed E-state index contributed by atoms with van der Waals surface area (Å²) in [7, 11) is -2.78. The van der Waals surface area contributed by atoms with Crippen LogP contribution in [-0.4, -0.2) is 45.0 Å². The van der Waals surface area contributed by atoms with Crippen LogP contribution in [0.4, 0.5) is 0 Å². The van der Waals surface area contributed by atoms with Crippen molar-refractivity contribution in [1.29, 1.82) is 0 Å². The maximum atomic E-state index is 11.0. The molecule has 3 nitrogen and oxygen atoms in total. The molecule has 1 aliphatic heterocycles. The van der Waals surface area contributed by atoms with Gasteiger partial charge in [0.25, 0.3) is 0 Å². The van der Waals surface area contributed by atoms with Crippen molar-refractivity contribution in [3.05, 3.63) is 0 Å². The summed E-state index contributed by atoms with van der Waals surface area (Å²) in [5, 5.41) is 0. The lowest BCUT2D eigenvalue weighted by Gasteiger charge is -2.48. The Hall–Kier alpha value is -0.0900. The van der Waals surface area contributed by atoms with Crippen LogP contribution < -0.4 is 0 Å². The Labute approximate surface area is 161 Å². The van der Waals surface area contributed by atoms with E-state index in [-0.39, 0.29) is 0 Å². The van der Waals surface area contributed by atoms with Gasteiger partial charge in [0.1, 0.15) is 9.84 Å². The molecule has 4 heteroatoms. The molecule has 2 rings (SSSR count). The molecule has 2 fully saturated rings. The Kier molecular flexibility index (Phi) is 26.3. The van der Waals surface area contributed by atoms with Gasteiger partial charge in [-0.05, 0) is 24.2 Å². The molecule has 0 amide bonds. The molecule has 0 aromatic carbocycles. The van der Waals surface area contributed by atoms with Crippen molar-refractivity contribution in [3.8, 4) is 0 Å². The predicted molar refractivity (Wildman–Crippen MR) is 118 cm³/mol. The molecule has 0 aromatic heterocycles. The van der Waals surface area contributed by atoms with Gasteiger partial charge in [0.05, 0.1) is 5.75 Å². The first-order valence-corrected chi connectivity index (χ1v) is 12.8. The summed E-state index contributed by atoms with van der Waals surface area (Å²) in [6, 6.07) is 0. The standard InChI is InChI=1S/C11H21NO2S.5C2H6/c1-10-3-4-11(7-10)8-12(9-11)5-6-15(2,13)14;5*1-2/h10H,3-9H2,1-2H3;5*1-2H3. The second kappa shape index (κ2) is 20.2. The lowest BCUT2D eigenvalue weighted by atomic mass is 9.78. The van der Waals surface area contributed by atoms with Crippen LogP contribution in [0, 0.1) is 11.3 Å². The smallest absolute Gasteiger partial charge is 0.148 e. The maximum absolute atomic E-state index is 11.0. The lowest BCUT2D eigenvalue weighted by Crippen LogP contribution is -2.55. The van der Waals surface area contributed by atoms with Crippen LogP contribution in [-0.2, 0) is 9.84 Å². The SMILES string of the molecule is CC.CC.CC.CC.CC.CC1CCC2(C1)CN(CCS(C)(=O)=O)C2. The fraction of sp³-hybridized carbons (Fsp3) is 1.00. The van der Waals surface area contributed by atoms with Crippen LogP contribution in [0.1, 0.15) is 95.4 Å². The van der Waals surface area contributed by atoms with E-state index < -0.39 is 9.84 Å². The largest absolute Gasteiger partial charge is 0.301 e. The van der Waals surface area contributed by atoms with Gasteiger partial charge >= 0.3 is 0 Å². The average Bonchev–Trinajstić information content (AvgIpc) is 3.02. The van der Waals surface area contributed by atoms with Gasteiger partial charge in [-0.25, -0.2) is 8.42 Å². The van der Waals surface area contributed by atoms with Gasteiger partial charge in [-0.1, -0.05) is 82.6 Å². The summed E-state index contributed by atoms with van der Waals surface area (Å²) < 4.78 is 22.0. The zero-order valence-corrected chi connectivity index (χ0v) is 20.5. The topological polar surface area (TPSA) is 37.4 Å². The molecular weight excluding hydrogens is 330 g/mol. The van der Waals surface area contributed by atoms with Crippen molar-refractivity contribution in [2.24, 2.45) is 11.3 Å². The predicted octanol–water partition coefficient (Wildman–Crippen LogP) is 6.28. The Morgan fingerprint density at radius 1 is 0.880 bits per heavy atom. The summed E-state index contributed by atoms with van der Waals surface area (Å²) in [6.45, 7) is 25.3. The monoisotopic (exact) mass is 381 g/mol. The summed E-state index contributed by atoms with van der Waals surface area (Å²) in [6.07, 6.45) is 5.38. The number of hydrogen-bond donors (Lipinski definition) is 0. The molecule has 2 aliphatic rings. The number of likely N-dealkylation sites (tertiary alicyclic amines) is 1. The van der Waals surface area contributed by atoms with Gasteiger partial charge in [0.15, 0.2) is 0 Å². The van der Waals surface area contributed by atoms with Crippen LogP contribution in [0.25, 0.3) is 0 Å². The maximum Gasteiger partial charge on any atom is 0.148 e. The first-order valence-electron chi connectivity index (χ1n) is 10.8. The molecule has 0 N–H and O–H groups in total. The molecule has 1 saturated heterocycles. The van der Waals surface area contributed by atoms with E-state index in [2.05, 4.69) is 11.8 Å². The van der Waals surface area contributed by atoms with Crippen LogP contribution in [0.15, 0.2) is 0 Å². The number of nitrogens with zero attached hydrogens (tertiary/aromatic N) is 1. The third-order valence-corrected chi connectivity index (χ3v) is 4.77. The van der Waals surface area contributed by atoms with Gasteiger partial charge < -0.3 is 4.90 Å². The number of hydrogen-bond acceptors (Lipinski definition) is 3. The summed E-state index contributed by atoms with van der Waals surface area (Å²) in [5.74, 6) is 1.19. The van der Waals surface area contributed by atoms with E-state index in [0.717, 1.165) is 25.6 Å². The summed E-state index contributed by atoms with van der Waals surface area (Å²) in [4.78, 5) is 2.29. The molecule has 0 aromatic rings. The second-order valence-corrected chi connectivity index (χ2v) is 7.95. The van der Waals surface area contributed by atoms with Gasteiger partial charge in [0, 0.05) is 25.9 Å². The molecule has 25 heavy (non-hydrogen) atoms. The zero-order valence-electron chi connectivity index (χ0n) is 19.7. The molecule has 1 unspecified atom stereocenters. The van der Waals surface area contributed by atoms with Crippen LogP contribution in [0.2, 0.25) is 0 Å². The van der Waals surface area contributed by atoms with E-state index in [4.69, 9.17) is 0 Å². The molecule has 1 atom stereocenters. The molecule has 1 saturated carbocycles. The van der Waals surface area contributed by atoms with Crippen molar-refractivity contribution in [2.45, 2.75) is 95.4 Å². The van der Waals surface area contributed by atoms with E-state index in [9.17, 15) is 8.42 Å². The van der Waals surface area contributed by atoms with Crippen LogP contribution in [0.3, 0.4) is 0 Å². The summed E-state index contributed by atoms with van der Waals surface area (Å²) >= 11 is 0. The Morgan fingerprint density at radius 2 is 1.28 bits per heavy atom. The molecule has 1 aliphatic carbocycles. The fourth-order valence-electron chi connectivity index (χ4n) is 3.14. The van der Waals surface area contributed by atoms with Gasteiger partial charge in [-0.15, -0.1) is 0 Å². The fourth-order valence-corrected chi connectivity index (χ4v) is 3.73. The first-order chi connectivity index (χ1) is 11.9. The highest BCUT2D eigenvalue weighted by atomic mass is 32.2. The van der Waals surface area contributed by atoms with Crippen molar-refractivity contribution in [1.82, 2.24) is 4.90 Å². The van der Waals surface area contributed by atoms with Crippen LogP contribution in [0.5, 0.6) is 0 Å². The highest BCUT2D eigenvalue weighted by Gasteiger charge is 2.46. The normalized spacial score (nSPS) is 19.6. The Balaban J connectivity index is -0.000000191. The molecule has 1 heterocycles. The van der Waals surface area contributed by atoms with Crippen molar-refractivity contribution in [3.63, 3.8) is 0 Å². The average molecular weight is 382 g/mol. The highest BCUT2D eigenvalue weighted by molar-refractivity contribution is 7.90. The minimum atomic E-state index is -2.78. The van der Waals surface area contributed by atoms with E-state index in [1.54, 1.807) is 0 Å². The molecule has 0 radical (unpaired) electrons. The van der Waals surface area contributed by atoms with E-state index in [0.29, 0.717) is 11.2 Å². The first kappa shape index (κ1) is 32.6. The van der Waals surface area contributed by atoms with Gasteiger partial charge in [0.2, 0.25) is 0 Å². The lowest BCUT2D eigenvalue weighted by molar-refractivity contribution is 0.00860. The minimum absolute atomic E-state index is 0.318. The number of sulfone groups is 1. The zero-order chi connectivity index (χ0) is 21.1. The Bertz CT molecular complexity index is 334. The molecule has 0 bridgehead atoms. The van der Waals surface area contributed by atoms with Gasteiger partial charge in [-0.3, -0.25) is 0 Å². The third-order valence-electron chi connectivity index (χ3n) is 3.85. The third kappa shape index (κ3) is 15.9. The van der Waals surface area contributed by atoms with E-state index in [1.807, 2.05) is 69.2 Å². The quantitative estimate of drug-likeness (QED) is 0.577. The molecular formula is C21H51NO2S. The summed E-state index contributed by atoms with van der Waals surface area (Å²) in [5.41, 5.74) is 0.566. The van der Waals surface area contributed by atoms with E-state index in [1.165, 1.54) is 25.5 Å².